The van der Waals surface area contributed by atoms with Crippen LogP contribution in [0.15, 0.2) is 29.3 Å². The van der Waals surface area contributed by atoms with Crippen LogP contribution in [-0.4, -0.2) is 67.1 Å². The average molecular weight is 429 g/mol. The minimum absolute atomic E-state index is 0.00354. The van der Waals surface area contributed by atoms with Crippen LogP contribution in [-0.2, 0) is 6.54 Å². The molecule has 2 amide bonds. The third-order valence-corrected chi connectivity index (χ3v) is 6.19. The monoisotopic (exact) mass is 428 g/mol. The first-order valence-corrected chi connectivity index (χ1v) is 12.1. The lowest BCUT2D eigenvalue weighted by Gasteiger charge is -2.33. The molecule has 0 aromatic heterocycles. The molecule has 3 rings (SSSR count). The van der Waals surface area contributed by atoms with E-state index in [1.54, 1.807) is 0 Å². The first-order valence-electron chi connectivity index (χ1n) is 12.1. The van der Waals surface area contributed by atoms with Crippen molar-refractivity contribution in [3.8, 4) is 0 Å². The molecule has 0 saturated carbocycles. The standard InChI is InChI=1S/C24H40N6O/c1-3-25-23(26-13-9-17-29-14-5-4-10-20(29)2)27-19-21-11-8-12-22(18-21)28-24(31)30-15-6-7-16-30/h8,11-12,18,20H,3-7,9-10,13-17,19H2,1-2H3,(H,28,31)(H2,25,26,27). The summed E-state index contributed by atoms with van der Waals surface area (Å²) in [6.45, 7) is 10.8. The van der Waals surface area contributed by atoms with Gasteiger partial charge in [0.25, 0.3) is 0 Å². The number of anilines is 1. The molecule has 172 valence electrons. The Morgan fingerprint density at radius 3 is 2.71 bits per heavy atom. The Balaban J connectivity index is 1.46. The molecule has 3 N–H and O–H groups in total. The summed E-state index contributed by atoms with van der Waals surface area (Å²) in [5, 5.41) is 9.81. The fourth-order valence-corrected chi connectivity index (χ4v) is 4.36. The fourth-order valence-electron chi connectivity index (χ4n) is 4.36. The van der Waals surface area contributed by atoms with Crippen molar-refractivity contribution in [2.75, 3.05) is 44.6 Å². The van der Waals surface area contributed by atoms with Crippen LogP contribution in [0.4, 0.5) is 10.5 Å². The molecule has 2 saturated heterocycles. The number of carbonyl (C=O) groups excluding carboxylic acids is 1. The molecule has 7 nitrogen and oxygen atoms in total. The zero-order chi connectivity index (χ0) is 21.9. The van der Waals surface area contributed by atoms with Gasteiger partial charge in [0.05, 0.1) is 6.54 Å². The number of rotatable bonds is 8. The second kappa shape index (κ2) is 12.5. The van der Waals surface area contributed by atoms with E-state index in [0.717, 1.165) is 69.2 Å². The molecule has 2 fully saturated rings. The lowest BCUT2D eigenvalue weighted by molar-refractivity contribution is 0.159. The van der Waals surface area contributed by atoms with Gasteiger partial charge in [-0.1, -0.05) is 18.6 Å². The Labute approximate surface area is 187 Å². The first-order chi connectivity index (χ1) is 15.2. The Bertz CT molecular complexity index is 716. The van der Waals surface area contributed by atoms with E-state index in [2.05, 4.69) is 40.8 Å². The Morgan fingerprint density at radius 2 is 1.94 bits per heavy atom. The van der Waals surface area contributed by atoms with Gasteiger partial charge < -0.3 is 25.8 Å². The molecule has 0 aliphatic carbocycles. The molecule has 0 bridgehead atoms. The topological polar surface area (TPSA) is 72.0 Å². The van der Waals surface area contributed by atoms with E-state index in [-0.39, 0.29) is 6.03 Å². The number of nitrogens with zero attached hydrogens (tertiary/aromatic N) is 3. The third kappa shape index (κ3) is 7.73. The number of hydrogen-bond donors (Lipinski definition) is 3. The van der Waals surface area contributed by atoms with Crippen molar-refractivity contribution < 1.29 is 4.79 Å². The number of amides is 2. The summed E-state index contributed by atoms with van der Waals surface area (Å²) in [7, 11) is 0. The zero-order valence-corrected chi connectivity index (χ0v) is 19.3. The first kappa shape index (κ1) is 23.4. The van der Waals surface area contributed by atoms with Crippen molar-refractivity contribution in [1.82, 2.24) is 20.4 Å². The lowest BCUT2D eigenvalue weighted by atomic mass is 10.0. The molecular weight excluding hydrogens is 388 g/mol. The maximum Gasteiger partial charge on any atom is 0.321 e. The van der Waals surface area contributed by atoms with Gasteiger partial charge in [0.1, 0.15) is 0 Å². The molecule has 1 atom stereocenters. The van der Waals surface area contributed by atoms with Crippen LogP contribution in [0.5, 0.6) is 0 Å². The minimum Gasteiger partial charge on any atom is -0.357 e. The van der Waals surface area contributed by atoms with Crippen molar-refractivity contribution in [2.45, 2.75) is 65.0 Å². The molecule has 1 aromatic carbocycles. The van der Waals surface area contributed by atoms with Gasteiger partial charge in [0.15, 0.2) is 5.96 Å². The predicted molar refractivity (Wildman–Crippen MR) is 129 cm³/mol. The largest absolute Gasteiger partial charge is 0.357 e. The van der Waals surface area contributed by atoms with Crippen LogP contribution in [0.2, 0.25) is 0 Å². The van der Waals surface area contributed by atoms with Gasteiger partial charge in [0.2, 0.25) is 0 Å². The number of piperidine rings is 1. The number of guanidine groups is 1. The quantitative estimate of drug-likeness (QED) is 0.336. The van der Waals surface area contributed by atoms with E-state index in [9.17, 15) is 4.79 Å². The molecule has 1 aromatic rings. The van der Waals surface area contributed by atoms with E-state index in [4.69, 9.17) is 4.99 Å². The molecule has 2 heterocycles. The van der Waals surface area contributed by atoms with Crippen LogP contribution >= 0.6 is 0 Å². The maximum atomic E-state index is 12.3. The van der Waals surface area contributed by atoms with Crippen LogP contribution in [0, 0.1) is 0 Å². The predicted octanol–water partition coefficient (Wildman–Crippen LogP) is 3.63. The minimum atomic E-state index is -0.00354. The van der Waals surface area contributed by atoms with E-state index in [1.165, 1.54) is 25.8 Å². The molecule has 2 aliphatic rings. The van der Waals surface area contributed by atoms with Gasteiger partial charge in [-0.05, 0) is 70.2 Å². The third-order valence-electron chi connectivity index (χ3n) is 6.19. The van der Waals surface area contributed by atoms with Gasteiger partial charge >= 0.3 is 6.03 Å². The number of hydrogen-bond acceptors (Lipinski definition) is 3. The van der Waals surface area contributed by atoms with Gasteiger partial charge in [-0.2, -0.15) is 0 Å². The number of urea groups is 1. The van der Waals surface area contributed by atoms with Crippen LogP contribution < -0.4 is 16.0 Å². The highest BCUT2D eigenvalue weighted by Crippen LogP contribution is 2.16. The summed E-state index contributed by atoms with van der Waals surface area (Å²) >= 11 is 0. The van der Waals surface area contributed by atoms with Gasteiger partial charge in [0, 0.05) is 44.5 Å². The second-order valence-corrected chi connectivity index (χ2v) is 8.68. The number of nitrogens with one attached hydrogen (secondary N) is 3. The number of carbonyl (C=O) groups is 1. The average Bonchev–Trinajstić information content (AvgIpc) is 3.31. The summed E-state index contributed by atoms with van der Waals surface area (Å²) in [5.41, 5.74) is 1.91. The van der Waals surface area contributed by atoms with Crippen molar-refractivity contribution in [2.24, 2.45) is 4.99 Å². The lowest BCUT2D eigenvalue weighted by Crippen LogP contribution is -2.41. The molecule has 7 heteroatoms. The van der Waals surface area contributed by atoms with E-state index < -0.39 is 0 Å². The smallest absolute Gasteiger partial charge is 0.321 e. The van der Waals surface area contributed by atoms with Crippen LogP contribution in [0.1, 0.15) is 57.9 Å². The molecule has 1 unspecified atom stereocenters. The summed E-state index contributed by atoms with van der Waals surface area (Å²) in [5.74, 6) is 0.848. The molecule has 0 spiro atoms. The Kier molecular flexibility index (Phi) is 9.46. The highest BCUT2D eigenvalue weighted by atomic mass is 16.2. The molecule has 0 radical (unpaired) electrons. The van der Waals surface area contributed by atoms with E-state index in [1.807, 2.05) is 23.1 Å². The van der Waals surface area contributed by atoms with Crippen molar-refractivity contribution in [3.63, 3.8) is 0 Å². The highest BCUT2D eigenvalue weighted by molar-refractivity contribution is 5.89. The van der Waals surface area contributed by atoms with Crippen molar-refractivity contribution >= 4 is 17.7 Å². The van der Waals surface area contributed by atoms with Crippen LogP contribution in [0.25, 0.3) is 0 Å². The maximum absolute atomic E-state index is 12.3. The number of benzene rings is 1. The molecule has 2 aliphatic heterocycles. The summed E-state index contributed by atoms with van der Waals surface area (Å²) in [4.78, 5) is 21.5. The van der Waals surface area contributed by atoms with Gasteiger partial charge in [-0.25, -0.2) is 9.79 Å². The number of likely N-dealkylation sites (tertiary alicyclic amines) is 2. The number of aliphatic imine (C=N–C) groups is 1. The SMILES string of the molecule is CCNC(=NCc1cccc(NC(=O)N2CCCC2)c1)NCCCN1CCCCC1C. The van der Waals surface area contributed by atoms with E-state index >= 15 is 0 Å². The van der Waals surface area contributed by atoms with Crippen molar-refractivity contribution in [1.29, 1.82) is 0 Å². The zero-order valence-electron chi connectivity index (χ0n) is 19.3. The second-order valence-electron chi connectivity index (χ2n) is 8.68. The fraction of sp³-hybridized carbons (Fsp3) is 0.667. The van der Waals surface area contributed by atoms with Gasteiger partial charge in [-0.3, -0.25) is 0 Å². The van der Waals surface area contributed by atoms with Gasteiger partial charge in [-0.15, -0.1) is 0 Å². The molecular formula is C24H40N6O. The Hall–Kier alpha value is -2.28. The van der Waals surface area contributed by atoms with E-state index in [0.29, 0.717) is 12.6 Å². The summed E-state index contributed by atoms with van der Waals surface area (Å²) < 4.78 is 0. The summed E-state index contributed by atoms with van der Waals surface area (Å²) in [6.07, 6.45) is 7.34. The Morgan fingerprint density at radius 1 is 1.13 bits per heavy atom. The highest BCUT2D eigenvalue weighted by Gasteiger charge is 2.18. The van der Waals surface area contributed by atoms with Crippen LogP contribution in [0.3, 0.4) is 0 Å². The van der Waals surface area contributed by atoms with Crippen molar-refractivity contribution in [3.05, 3.63) is 29.8 Å². The normalized spacial score (nSPS) is 20.0. The summed E-state index contributed by atoms with van der Waals surface area (Å²) in [6, 6.07) is 8.69. The molecule has 31 heavy (non-hydrogen) atoms.